The van der Waals surface area contributed by atoms with Crippen LogP contribution in [0.5, 0.6) is 0 Å². The van der Waals surface area contributed by atoms with Crippen LogP contribution in [0.25, 0.3) is 0 Å². The first-order chi connectivity index (χ1) is 10.2. The van der Waals surface area contributed by atoms with E-state index in [0.29, 0.717) is 24.2 Å². The largest absolute Gasteiger partial charge is 0.387 e. The van der Waals surface area contributed by atoms with Gasteiger partial charge in [-0.2, -0.15) is 10.5 Å². The van der Waals surface area contributed by atoms with E-state index in [-0.39, 0.29) is 0 Å². The van der Waals surface area contributed by atoms with E-state index >= 15 is 0 Å². The van der Waals surface area contributed by atoms with Crippen molar-refractivity contribution in [3.8, 4) is 12.1 Å². The Morgan fingerprint density at radius 1 is 1.00 bits per heavy atom. The molecule has 2 aromatic carbocycles. The Balaban J connectivity index is 1.87. The van der Waals surface area contributed by atoms with Crippen molar-refractivity contribution in [2.24, 2.45) is 0 Å². The van der Waals surface area contributed by atoms with Gasteiger partial charge in [-0.05, 0) is 35.4 Å². The quantitative estimate of drug-likeness (QED) is 0.878. The Kier molecular flexibility index (Phi) is 5.06. The number of hydrogen-bond acceptors (Lipinski definition) is 4. The number of benzene rings is 2. The third-order valence-corrected chi connectivity index (χ3v) is 3.15. The van der Waals surface area contributed by atoms with Gasteiger partial charge in [-0.25, -0.2) is 0 Å². The van der Waals surface area contributed by atoms with Crippen molar-refractivity contribution in [2.75, 3.05) is 6.54 Å². The van der Waals surface area contributed by atoms with Gasteiger partial charge < -0.3 is 10.4 Å². The number of rotatable bonds is 5. The number of hydrogen-bond donors (Lipinski definition) is 2. The molecule has 0 spiro atoms. The Hall–Kier alpha value is -2.66. The fourth-order valence-corrected chi connectivity index (χ4v) is 2.00. The fourth-order valence-electron chi connectivity index (χ4n) is 2.00. The van der Waals surface area contributed by atoms with Crippen LogP contribution >= 0.6 is 0 Å². The summed E-state index contributed by atoms with van der Waals surface area (Å²) in [6.45, 7) is 0.992. The van der Waals surface area contributed by atoms with Gasteiger partial charge in [0.1, 0.15) is 0 Å². The molecule has 0 saturated heterocycles. The molecular formula is C17H15N3O. The molecule has 0 fully saturated rings. The molecule has 0 aliphatic rings. The van der Waals surface area contributed by atoms with Crippen LogP contribution in [0.4, 0.5) is 0 Å². The van der Waals surface area contributed by atoms with Crippen molar-refractivity contribution in [3.63, 3.8) is 0 Å². The summed E-state index contributed by atoms with van der Waals surface area (Å²) >= 11 is 0. The maximum absolute atomic E-state index is 10.1. The summed E-state index contributed by atoms with van der Waals surface area (Å²) in [7, 11) is 0. The Morgan fingerprint density at radius 2 is 1.71 bits per heavy atom. The lowest BCUT2D eigenvalue weighted by atomic mass is 10.1. The van der Waals surface area contributed by atoms with Crippen LogP contribution < -0.4 is 5.32 Å². The Morgan fingerprint density at radius 3 is 2.38 bits per heavy atom. The Labute approximate surface area is 123 Å². The van der Waals surface area contributed by atoms with Crippen molar-refractivity contribution in [3.05, 3.63) is 70.8 Å². The molecule has 0 radical (unpaired) electrons. The molecule has 0 aliphatic heterocycles. The van der Waals surface area contributed by atoms with E-state index in [4.69, 9.17) is 10.5 Å². The number of nitrogens with zero attached hydrogens (tertiary/aromatic N) is 2. The maximum atomic E-state index is 10.1. The molecule has 0 bridgehead atoms. The minimum atomic E-state index is -0.628. The zero-order valence-corrected chi connectivity index (χ0v) is 11.5. The first-order valence-corrected chi connectivity index (χ1v) is 6.61. The van der Waals surface area contributed by atoms with E-state index in [9.17, 15) is 5.11 Å². The van der Waals surface area contributed by atoms with Crippen LogP contribution in [0, 0.1) is 22.7 Å². The molecule has 0 saturated carbocycles. The first-order valence-electron chi connectivity index (χ1n) is 6.61. The zero-order chi connectivity index (χ0) is 15.1. The van der Waals surface area contributed by atoms with Gasteiger partial charge in [-0.15, -0.1) is 0 Å². The predicted octanol–water partition coefficient (Wildman–Crippen LogP) is 2.25. The van der Waals surface area contributed by atoms with Crippen LogP contribution in [0.15, 0.2) is 48.5 Å². The summed E-state index contributed by atoms with van der Waals surface area (Å²) in [4.78, 5) is 0. The molecule has 0 aliphatic carbocycles. The number of aliphatic hydroxyl groups is 1. The van der Waals surface area contributed by atoms with Crippen LogP contribution in [-0.2, 0) is 6.54 Å². The molecular weight excluding hydrogens is 262 g/mol. The van der Waals surface area contributed by atoms with Gasteiger partial charge in [0.05, 0.1) is 29.4 Å². The molecule has 4 nitrogen and oxygen atoms in total. The average Bonchev–Trinajstić information content (AvgIpc) is 2.55. The molecule has 0 heterocycles. The van der Waals surface area contributed by atoms with Crippen molar-refractivity contribution in [1.29, 1.82) is 10.5 Å². The third kappa shape index (κ3) is 4.15. The van der Waals surface area contributed by atoms with E-state index in [1.165, 1.54) is 0 Å². The summed E-state index contributed by atoms with van der Waals surface area (Å²) < 4.78 is 0. The topological polar surface area (TPSA) is 79.8 Å². The van der Waals surface area contributed by atoms with E-state index < -0.39 is 6.10 Å². The van der Waals surface area contributed by atoms with Gasteiger partial charge in [0.2, 0.25) is 0 Å². The van der Waals surface area contributed by atoms with Gasteiger partial charge in [-0.3, -0.25) is 0 Å². The van der Waals surface area contributed by atoms with Crippen LogP contribution in [0.1, 0.15) is 28.4 Å². The predicted molar refractivity (Wildman–Crippen MR) is 79.0 cm³/mol. The molecule has 0 amide bonds. The maximum Gasteiger partial charge on any atom is 0.0991 e. The summed E-state index contributed by atoms with van der Waals surface area (Å²) in [5.41, 5.74) is 2.97. The highest BCUT2D eigenvalue weighted by Crippen LogP contribution is 2.13. The lowest BCUT2D eigenvalue weighted by Crippen LogP contribution is -2.21. The minimum Gasteiger partial charge on any atom is -0.387 e. The second kappa shape index (κ2) is 7.21. The molecule has 1 atom stereocenters. The van der Waals surface area contributed by atoms with E-state index in [0.717, 1.165) is 11.1 Å². The molecule has 2 aromatic rings. The van der Waals surface area contributed by atoms with Gasteiger partial charge >= 0.3 is 0 Å². The highest BCUT2D eigenvalue weighted by Gasteiger charge is 2.07. The molecule has 1 unspecified atom stereocenters. The molecule has 21 heavy (non-hydrogen) atoms. The second-order valence-electron chi connectivity index (χ2n) is 4.69. The van der Waals surface area contributed by atoms with E-state index in [1.807, 2.05) is 24.3 Å². The third-order valence-electron chi connectivity index (χ3n) is 3.15. The normalized spacial score (nSPS) is 11.4. The Bertz CT molecular complexity index is 680. The van der Waals surface area contributed by atoms with E-state index in [2.05, 4.69) is 11.4 Å². The van der Waals surface area contributed by atoms with Gasteiger partial charge in [0, 0.05) is 13.1 Å². The summed E-state index contributed by atoms with van der Waals surface area (Å²) in [6.07, 6.45) is -0.628. The SMILES string of the molecule is N#Cc1ccc(C(O)CNCc2cccc(C#N)c2)cc1. The average molecular weight is 277 g/mol. The molecule has 2 rings (SSSR count). The van der Waals surface area contributed by atoms with Crippen molar-refractivity contribution in [2.45, 2.75) is 12.6 Å². The van der Waals surface area contributed by atoms with Crippen molar-refractivity contribution >= 4 is 0 Å². The lowest BCUT2D eigenvalue weighted by Gasteiger charge is -2.12. The summed E-state index contributed by atoms with van der Waals surface area (Å²) in [6, 6.07) is 18.4. The van der Waals surface area contributed by atoms with Crippen LogP contribution in [0.2, 0.25) is 0 Å². The first kappa shape index (κ1) is 14.7. The fraction of sp³-hybridized carbons (Fsp3) is 0.176. The number of nitriles is 2. The minimum absolute atomic E-state index is 0.405. The number of aliphatic hydroxyl groups excluding tert-OH is 1. The zero-order valence-electron chi connectivity index (χ0n) is 11.5. The second-order valence-corrected chi connectivity index (χ2v) is 4.69. The van der Waals surface area contributed by atoms with Gasteiger partial charge in [0.15, 0.2) is 0 Å². The number of nitrogens with one attached hydrogen (secondary N) is 1. The van der Waals surface area contributed by atoms with Crippen LogP contribution in [-0.4, -0.2) is 11.7 Å². The molecule has 104 valence electrons. The molecule has 2 N–H and O–H groups in total. The van der Waals surface area contributed by atoms with Crippen molar-refractivity contribution in [1.82, 2.24) is 5.32 Å². The highest BCUT2D eigenvalue weighted by atomic mass is 16.3. The molecule has 4 heteroatoms. The van der Waals surface area contributed by atoms with Gasteiger partial charge in [0.25, 0.3) is 0 Å². The molecule has 0 aromatic heterocycles. The highest BCUT2D eigenvalue weighted by molar-refractivity contribution is 5.33. The lowest BCUT2D eigenvalue weighted by molar-refractivity contribution is 0.174. The summed E-state index contributed by atoms with van der Waals surface area (Å²) in [5, 5.41) is 30.8. The van der Waals surface area contributed by atoms with Crippen LogP contribution in [0.3, 0.4) is 0 Å². The summed E-state index contributed by atoms with van der Waals surface area (Å²) in [5.74, 6) is 0. The van der Waals surface area contributed by atoms with Crippen molar-refractivity contribution < 1.29 is 5.11 Å². The van der Waals surface area contributed by atoms with Gasteiger partial charge in [-0.1, -0.05) is 24.3 Å². The monoisotopic (exact) mass is 277 g/mol. The van der Waals surface area contributed by atoms with E-state index in [1.54, 1.807) is 30.3 Å². The smallest absolute Gasteiger partial charge is 0.0991 e. The standard InChI is InChI=1S/C17H15N3O/c18-9-13-4-6-16(7-5-13)17(21)12-20-11-15-3-1-2-14(8-15)10-19/h1-8,17,20-21H,11-12H2.